The van der Waals surface area contributed by atoms with Gasteiger partial charge in [0.1, 0.15) is 10.8 Å². The Morgan fingerprint density at radius 2 is 2.09 bits per heavy atom. The summed E-state index contributed by atoms with van der Waals surface area (Å²) >= 11 is 1.53. The molecule has 6 heteroatoms. The zero-order valence-electron chi connectivity index (χ0n) is 12.9. The fourth-order valence-corrected chi connectivity index (χ4v) is 2.81. The van der Waals surface area contributed by atoms with Gasteiger partial charge in [-0.3, -0.25) is 0 Å². The minimum absolute atomic E-state index is 0.518. The molecule has 2 aromatic heterocycles. The third-order valence-corrected chi connectivity index (χ3v) is 4.03. The number of hydrogen-bond donors (Lipinski definition) is 1. The second kappa shape index (κ2) is 6.66. The summed E-state index contributed by atoms with van der Waals surface area (Å²) in [6.07, 6.45) is 5.47. The van der Waals surface area contributed by atoms with Crippen LogP contribution in [0.1, 0.15) is 11.3 Å². The molecule has 0 aliphatic heterocycles. The zero-order chi connectivity index (χ0) is 16.2. The molecule has 0 atom stereocenters. The third-order valence-electron chi connectivity index (χ3n) is 3.36. The van der Waals surface area contributed by atoms with E-state index in [4.69, 9.17) is 4.52 Å². The van der Waals surface area contributed by atoms with Crippen molar-refractivity contribution in [3.05, 3.63) is 54.4 Å². The van der Waals surface area contributed by atoms with Crippen LogP contribution in [0.15, 0.2) is 52.7 Å². The minimum Gasteiger partial charge on any atom is -0.360 e. The van der Waals surface area contributed by atoms with Gasteiger partial charge >= 0.3 is 0 Å². The van der Waals surface area contributed by atoms with E-state index in [1.807, 2.05) is 43.5 Å². The second-order valence-corrected chi connectivity index (χ2v) is 5.60. The van der Waals surface area contributed by atoms with Crippen molar-refractivity contribution in [2.75, 3.05) is 11.6 Å². The molecule has 0 aliphatic carbocycles. The molecule has 23 heavy (non-hydrogen) atoms. The lowest BCUT2D eigenvalue weighted by Crippen LogP contribution is -1.99. The predicted molar refractivity (Wildman–Crippen MR) is 93.9 cm³/mol. The van der Waals surface area contributed by atoms with E-state index >= 15 is 0 Å². The van der Waals surface area contributed by atoms with Gasteiger partial charge in [-0.05, 0) is 30.9 Å². The molecule has 0 saturated carbocycles. The second-order valence-electron chi connectivity index (χ2n) is 4.80. The SMILES string of the molecule is C=Cc1ccccc1Nc1nccc(-c2c(SC)noc2C)n1. The van der Waals surface area contributed by atoms with Crippen LogP contribution in [0, 0.1) is 6.92 Å². The highest BCUT2D eigenvalue weighted by atomic mass is 32.2. The number of rotatable bonds is 5. The molecule has 0 bridgehead atoms. The number of para-hydroxylation sites is 1. The van der Waals surface area contributed by atoms with E-state index < -0.39 is 0 Å². The number of thioether (sulfide) groups is 1. The van der Waals surface area contributed by atoms with Crippen molar-refractivity contribution < 1.29 is 4.52 Å². The van der Waals surface area contributed by atoms with Gasteiger partial charge in [-0.1, -0.05) is 36.0 Å². The summed E-state index contributed by atoms with van der Waals surface area (Å²) in [6, 6.07) is 9.71. The molecule has 1 aromatic carbocycles. The van der Waals surface area contributed by atoms with Gasteiger partial charge < -0.3 is 9.84 Å². The van der Waals surface area contributed by atoms with Crippen molar-refractivity contribution in [2.45, 2.75) is 11.9 Å². The highest BCUT2D eigenvalue weighted by molar-refractivity contribution is 7.98. The number of nitrogens with one attached hydrogen (secondary N) is 1. The average Bonchev–Trinajstić information content (AvgIpc) is 2.96. The number of hydrogen-bond acceptors (Lipinski definition) is 6. The zero-order valence-corrected chi connectivity index (χ0v) is 13.7. The first kappa shape index (κ1) is 15.3. The summed E-state index contributed by atoms with van der Waals surface area (Å²) in [7, 11) is 0. The fraction of sp³-hybridized carbons (Fsp3) is 0.118. The number of benzene rings is 1. The summed E-state index contributed by atoms with van der Waals surface area (Å²) in [4.78, 5) is 8.88. The molecular weight excluding hydrogens is 308 g/mol. The van der Waals surface area contributed by atoms with E-state index in [-0.39, 0.29) is 0 Å². The van der Waals surface area contributed by atoms with E-state index in [1.54, 1.807) is 12.3 Å². The van der Waals surface area contributed by atoms with Crippen LogP contribution in [-0.2, 0) is 0 Å². The quantitative estimate of drug-likeness (QED) is 0.695. The van der Waals surface area contributed by atoms with Gasteiger partial charge in [-0.15, -0.1) is 11.8 Å². The lowest BCUT2D eigenvalue weighted by atomic mass is 10.2. The Morgan fingerprint density at radius 1 is 1.26 bits per heavy atom. The van der Waals surface area contributed by atoms with E-state index in [2.05, 4.69) is 27.0 Å². The molecule has 0 spiro atoms. The third kappa shape index (κ3) is 3.12. The van der Waals surface area contributed by atoms with E-state index in [1.165, 1.54) is 11.8 Å². The topological polar surface area (TPSA) is 63.8 Å². The maximum Gasteiger partial charge on any atom is 0.227 e. The molecular formula is C17H16N4OS. The van der Waals surface area contributed by atoms with Crippen molar-refractivity contribution in [2.24, 2.45) is 0 Å². The summed E-state index contributed by atoms with van der Waals surface area (Å²) < 4.78 is 5.27. The van der Waals surface area contributed by atoms with Crippen LogP contribution in [0.25, 0.3) is 17.3 Å². The average molecular weight is 324 g/mol. The van der Waals surface area contributed by atoms with Crippen molar-refractivity contribution in [3.8, 4) is 11.3 Å². The molecule has 0 unspecified atom stereocenters. The molecule has 0 fully saturated rings. The van der Waals surface area contributed by atoms with Crippen molar-refractivity contribution >= 4 is 29.5 Å². The molecule has 0 saturated heterocycles. The van der Waals surface area contributed by atoms with E-state index in [9.17, 15) is 0 Å². The molecule has 0 aliphatic rings. The molecule has 3 aromatic rings. The Morgan fingerprint density at radius 3 is 2.87 bits per heavy atom. The lowest BCUT2D eigenvalue weighted by molar-refractivity contribution is 0.384. The maximum atomic E-state index is 5.27. The molecule has 116 valence electrons. The van der Waals surface area contributed by atoms with Crippen molar-refractivity contribution in [3.63, 3.8) is 0 Å². The summed E-state index contributed by atoms with van der Waals surface area (Å²) in [5.41, 5.74) is 3.58. The largest absolute Gasteiger partial charge is 0.360 e. The van der Waals surface area contributed by atoms with Crippen LogP contribution < -0.4 is 5.32 Å². The summed E-state index contributed by atoms with van der Waals surface area (Å²) in [5, 5.41) is 8.10. The monoisotopic (exact) mass is 324 g/mol. The fourth-order valence-electron chi connectivity index (χ4n) is 2.25. The number of anilines is 2. The highest BCUT2D eigenvalue weighted by Crippen LogP contribution is 2.31. The van der Waals surface area contributed by atoms with Gasteiger partial charge in [0.2, 0.25) is 5.95 Å². The molecule has 1 N–H and O–H groups in total. The highest BCUT2D eigenvalue weighted by Gasteiger charge is 2.16. The van der Waals surface area contributed by atoms with Gasteiger partial charge in [0.25, 0.3) is 0 Å². The Bertz CT molecular complexity index is 844. The maximum absolute atomic E-state index is 5.27. The van der Waals surface area contributed by atoms with Crippen molar-refractivity contribution in [1.29, 1.82) is 0 Å². The number of aromatic nitrogens is 3. The molecule has 0 amide bonds. The summed E-state index contributed by atoms with van der Waals surface area (Å²) in [6.45, 7) is 5.70. The van der Waals surface area contributed by atoms with E-state index in [0.717, 1.165) is 33.3 Å². The summed E-state index contributed by atoms with van der Waals surface area (Å²) in [5.74, 6) is 1.26. The Kier molecular flexibility index (Phi) is 4.43. The van der Waals surface area contributed by atoms with Crippen LogP contribution in [0.3, 0.4) is 0 Å². The first-order chi connectivity index (χ1) is 11.2. The first-order valence-electron chi connectivity index (χ1n) is 7.05. The Balaban J connectivity index is 1.97. The normalized spacial score (nSPS) is 10.5. The van der Waals surface area contributed by atoms with Gasteiger partial charge in [-0.25, -0.2) is 9.97 Å². The van der Waals surface area contributed by atoms with Gasteiger partial charge in [-0.2, -0.15) is 0 Å². The van der Waals surface area contributed by atoms with Crippen LogP contribution in [0.2, 0.25) is 0 Å². The molecule has 3 rings (SSSR count). The minimum atomic E-state index is 0.518. The Labute approximate surface area is 138 Å². The van der Waals surface area contributed by atoms with Gasteiger partial charge in [0.15, 0.2) is 0 Å². The number of nitrogens with zero attached hydrogens (tertiary/aromatic N) is 3. The van der Waals surface area contributed by atoms with Gasteiger partial charge in [0, 0.05) is 11.9 Å². The first-order valence-corrected chi connectivity index (χ1v) is 8.27. The smallest absolute Gasteiger partial charge is 0.227 e. The van der Waals surface area contributed by atoms with Gasteiger partial charge in [0.05, 0.1) is 11.3 Å². The molecule has 0 radical (unpaired) electrons. The van der Waals surface area contributed by atoms with Crippen LogP contribution >= 0.6 is 11.8 Å². The standard InChI is InChI=1S/C17H16N4OS/c1-4-12-7-5-6-8-13(12)19-17-18-10-9-14(20-17)15-11(2)22-21-16(15)23-3/h4-10H,1H2,2-3H3,(H,18,19,20). The number of aryl methyl sites for hydroxylation is 1. The predicted octanol–water partition coefficient (Wildman–Crippen LogP) is 4.55. The Hall–Kier alpha value is -2.60. The molecule has 2 heterocycles. The molecule has 5 nitrogen and oxygen atoms in total. The van der Waals surface area contributed by atoms with Crippen LogP contribution in [0.4, 0.5) is 11.6 Å². The van der Waals surface area contributed by atoms with E-state index in [0.29, 0.717) is 5.95 Å². The van der Waals surface area contributed by atoms with Crippen LogP contribution in [0.5, 0.6) is 0 Å². The lowest BCUT2D eigenvalue weighted by Gasteiger charge is -2.09. The van der Waals surface area contributed by atoms with Crippen LogP contribution in [-0.4, -0.2) is 21.4 Å². The van der Waals surface area contributed by atoms with Crippen molar-refractivity contribution in [1.82, 2.24) is 15.1 Å².